The molecule has 0 saturated carbocycles. The highest BCUT2D eigenvalue weighted by molar-refractivity contribution is 5.30. The molecule has 0 aromatic carbocycles. The van der Waals surface area contributed by atoms with Gasteiger partial charge < -0.3 is 10.4 Å². The molecule has 2 unspecified atom stereocenters. The van der Waals surface area contributed by atoms with Crippen LogP contribution in [0.4, 0.5) is 5.95 Å². The van der Waals surface area contributed by atoms with E-state index >= 15 is 0 Å². The van der Waals surface area contributed by atoms with Gasteiger partial charge in [0.2, 0.25) is 5.95 Å². The summed E-state index contributed by atoms with van der Waals surface area (Å²) in [5.74, 6) is 1.32. The molecule has 2 atom stereocenters. The third-order valence-corrected chi connectivity index (χ3v) is 3.02. The predicted molar refractivity (Wildman–Crippen MR) is 57.6 cm³/mol. The Bertz CT molecular complexity index is 336. The Hall–Kier alpha value is -1.10. The van der Waals surface area contributed by atoms with Crippen molar-refractivity contribution < 1.29 is 5.11 Å². The van der Waals surface area contributed by atoms with Gasteiger partial charge in [0.15, 0.2) is 5.82 Å². The third-order valence-electron chi connectivity index (χ3n) is 3.02. The van der Waals surface area contributed by atoms with E-state index in [1.54, 1.807) is 0 Å². The van der Waals surface area contributed by atoms with E-state index in [1.807, 2.05) is 4.68 Å². The van der Waals surface area contributed by atoms with Gasteiger partial charge in [0.05, 0.1) is 6.04 Å². The molecule has 1 aromatic heterocycles. The van der Waals surface area contributed by atoms with Crippen LogP contribution in [0.15, 0.2) is 0 Å². The smallest absolute Gasteiger partial charge is 0.221 e. The number of anilines is 1. The minimum atomic E-state index is -0.0884. The molecule has 2 heterocycles. The Kier molecular flexibility index (Phi) is 2.90. The molecule has 0 amide bonds. The van der Waals surface area contributed by atoms with E-state index in [2.05, 4.69) is 29.2 Å². The number of fused-ring (bicyclic) bond motifs is 1. The fourth-order valence-electron chi connectivity index (χ4n) is 2.07. The number of aliphatic hydroxyl groups is 1. The lowest BCUT2D eigenvalue weighted by molar-refractivity contribution is 0.268. The van der Waals surface area contributed by atoms with Gasteiger partial charge in [0.25, 0.3) is 0 Å². The standard InChI is InChI=1S/C10H18N4O/c1-3-7-5-8(4-2)14-10(11-7)12-9(6-15)13-14/h7-8,15H,3-6H2,1-2H3,(H,11,12,13). The lowest BCUT2D eigenvalue weighted by Crippen LogP contribution is -2.31. The van der Waals surface area contributed by atoms with Crippen LogP contribution in [-0.2, 0) is 6.61 Å². The van der Waals surface area contributed by atoms with Crippen molar-refractivity contribution in [1.82, 2.24) is 14.8 Å². The monoisotopic (exact) mass is 210 g/mol. The quantitative estimate of drug-likeness (QED) is 0.789. The summed E-state index contributed by atoms with van der Waals surface area (Å²) in [7, 11) is 0. The molecular weight excluding hydrogens is 192 g/mol. The SMILES string of the molecule is CCC1CC(CC)n2nc(CO)nc2N1. The lowest BCUT2D eigenvalue weighted by atomic mass is 10.0. The van der Waals surface area contributed by atoms with Crippen LogP contribution < -0.4 is 5.32 Å². The molecule has 0 saturated heterocycles. The maximum atomic E-state index is 9.00. The van der Waals surface area contributed by atoms with Crippen LogP contribution in [-0.4, -0.2) is 25.9 Å². The van der Waals surface area contributed by atoms with Crippen LogP contribution in [0.1, 0.15) is 45.0 Å². The largest absolute Gasteiger partial charge is 0.388 e. The minimum Gasteiger partial charge on any atom is -0.388 e. The third kappa shape index (κ3) is 1.84. The highest BCUT2D eigenvalue weighted by Gasteiger charge is 2.26. The zero-order chi connectivity index (χ0) is 10.8. The fourth-order valence-corrected chi connectivity index (χ4v) is 2.07. The van der Waals surface area contributed by atoms with Crippen molar-refractivity contribution in [3.8, 4) is 0 Å². The van der Waals surface area contributed by atoms with Crippen LogP contribution in [0.3, 0.4) is 0 Å². The van der Waals surface area contributed by atoms with Gasteiger partial charge in [0.1, 0.15) is 6.61 Å². The molecule has 0 spiro atoms. The molecule has 0 bridgehead atoms. The van der Waals surface area contributed by atoms with E-state index in [0.29, 0.717) is 17.9 Å². The van der Waals surface area contributed by atoms with Gasteiger partial charge in [-0.1, -0.05) is 13.8 Å². The highest BCUT2D eigenvalue weighted by Crippen LogP contribution is 2.28. The topological polar surface area (TPSA) is 63.0 Å². The molecule has 84 valence electrons. The first-order chi connectivity index (χ1) is 7.28. The Labute approximate surface area is 89.5 Å². The number of aromatic nitrogens is 3. The van der Waals surface area contributed by atoms with Gasteiger partial charge in [-0.05, 0) is 19.3 Å². The summed E-state index contributed by atoms with van der Waals surface area (Å²) in [6, 6.07) is 0.900. The summed E-state index contributed by atoms with van der Waals surface area (Å²) in [6.45, 7) is 4.24. The first-order valence-corrected chi connectivity index (χ1v) is 5.61. The second kappa shape index (κ2) is 4.18. The number of nitrogens with zero attached hydrogens (tertiary/aromatic N) is 3. The van der Waals surface area contributed by atoms with Crippen molar-refractivity contribution in [3.63, 3.8) is 0 Å². The van der Waals surface area contributed by atoms with E-state index in [-0.39, 0.29) is 6.61 Å². The number of rotatable bonds is 3. The van der Waals surface area contributed by atoms with Gasteiger partial charge in [-0.2, -0.15) is 10.1 Å². The molecule has 0 radical (unpaired) electrons. The molecule has 5 heteroatoms. The summed E-state index contributed by atoms with van der Waals surface area (Å²) in [5.41, 5.74) is 0. The van der Waals surface area contributed by atoms with Gasteiger partial charge in [-0.15, -0.1) is 0 Å². The first-order valence-electron chi connectivity index (χ1n) is 5.61. The van der Waals surface area contributed by atoms with Gasteiger partial charge in [0, 0.05) is 6.04 Å². The van der Waals surface area contributed by atoms with Crippen molar-refractivity contribution in [3.05, 3.63) is 5.82 Å². The highest BCUT2D eigenvalue weighted by atomic mass is 16.3. The van der Waals surface area contributed by atoms with Crippen LogP contribution >= 0.6 is 0 Å². The molecule has 5 nitrogen and oxygen atoms in total. The fraction of sp³-hybridized carbons (Fsp3) is 0.800. The molecule has 1 aliphatic rings. The summed E-state index contributed by atoms with van der Waals surface area (Å²) >= 11 is 0. The van der Waals surface area contributed by atoms with Crippen LogP contribution in [0.2, 0.25) is 0 Å². The zero-order valence-corrected chi connectivity index (χ0v) is 9.27. The second-order valence-electron chi connectivity index (χ2n) is 4.00. The molecule has 2 N–H and O–H groups in total. The van der Waals surface area contributed by atoms with Crippen molar-refractivity contribution in [2.45, 2.75) is 51.8 Å². The number of aliphatic hydroxyl groups excluding tert-OH is 1. The van der Waals surface area contributed by atoms with Crippen molar-refractivity contribution >= 4 is 5.95 Å². The van der Waals surface area contributed by atoms with Crippen LogP contribution in [0, 0.1) is 0 Å². The lowest BCUT2D eigenvalue weighted by Gasteiger charge is -2.29. The van der Waals surface area contributed by atoms with Crippen molar-refractivity contribution in [1.29, 1.82) is 0 Å². The minimum absolute atomic E-state index is 0.0884. The van der Waals surface area contributed by atoms with E-state index < -0.39 is 0 Å². The molecule has 1 aliphatic heterocycles. The number of hydrogen-bond donors (Lipinski definition) is 2. The van der Waals surface area contributed by atoms with Gasteiger partial charge in [-0.25, -0.2) is 4.68 Å². The Morgan fingerprint density at radius 1 is 1.47 bits per heavy atom. The Morgan fingerprint density at radius 2 is 2.27 bits per heavy atom. The van der Waals surface area contributed by atoms with Crippen LogP contribution in [0.5, 0.6) is 0 Å². The Morgan fingerprint density at radius 3 is 2.87 bits per heavy atom. The molecular formula is C10H18N4O. The predicted octanol–water partition coefficient (Wildman–Crippen LogP) is 1.32. The summed E-state index contributed by atoms with van der Waals surface area (Å²) < 4.78 is 1.91. The summed E-state index contributed by atoms with van der Waals surface area (Å²) in [5, 5.41) is 16.6. The first kappa shape index (κ1) is 10.4. The average Bonchev–Trinajstić information content (AvgIpc) is 2.70. The van der Waals surface area contributed by atoms with E-state index in [4.69, 9.17) is 5.11 Å². The maximum Gasteiger partial charge on any atom is 0.221 e. The van der Waals surface area contributed by atoms with E-state index in [0.717, 1.165) is 25.2 Å². The summed E-state index contributed by atoms with van der Waals surface area (Å²) in [4.78, 5) is 4.26. The zero-order valence-electron chi connectivity index (χ0n) is 9.27. The summed E-state index contributed by atoms with van der Waals surface area (Å²) in [6.07, 6.45) is 3.24. The molecule has 0 aliphatic carbocycles. The van der Waals surface area contributed by atoms with E-state index in [1.165, 1.54) is 0 Å². The van der Waals surface area contributed by atoms with Gasteiger partial charge >= 0.3 is 0 Å². The molecule has 1 aromatic rings. The Balaban J connectivity index is 2.29. The average molecular weight is 210 g/mol. The number of hydrogen-bond acceptors (Lipinski definition) is 4. The molecule has 2 rings (SSSR count). The molecule has 15 heavy (non-hydrogen) atoms. The van der Waals surface area contributed by atoms with Gasteiger partial charge in [-0.3, -0.25) is 0 Å². The second-order valence-corrected chi connectivity index (χ2v) is 4.00. The van der Waals surface area contributed by atoms with E-state index in [9.17, 15) is 0 Å². The van der Waals surface area contributed by atoms with Crippen molar-refractivity contribution in [2.24, 2.45) is 0 Å². The molecule has 0 fully saturated rings. The normalized spacial score (nSPS) is 24.7. The number of nitrogens with one attached hydrogen (secondary N) is 1. The van der Waals surface area contributed by atoms with Crippen molar-refractivity contribution in [2.75, 3.05) is 5.32 Å². The van der Waals surface area contributed by atoms with Crippen LogP contribution in [0.25, 0.3) is 0 Å². The maximum absolute atomic E-state index is 9.00.